The van der Waals surface area contributed by atoms with Crippen molar-refractivity contribution < 1.29 is 19.8 Å². The summed E-state index contributed by atoms with van der Waals surface area (Å²) < 4.78 is 0. The second kappa shape index (κ2) is 6.83. The number of rotatable bonds is 1. The van der Waals surface area contributed by atoms with Crippen molar-refractivity contribution in [2.45, 2.75) is 66.2 Å². The first kappa shape index (κ1) is 21.8. The summed E-state index contributed by atoms with van der Waals surface area (Å²) in [6.45, 7) is 15.6. The van der Waals surface area contributed by atoms with E-state index in [0.717, 1.165) is 11.1 Å². The molecule has 0 spiro atoms. The lowest BCUT2D eigenvalue weighted by atomic mass is 9.75. The molecule has 1 aliphatic rings. The fourth-order valence-corrected chi connectivity index (χ4v) is 3.96. The van der Waals surface area contributed by atoms with Crippen LogP contribution in [0.5, 0.6) is 5.75 Å². The van der Waals surface area contributed by atoms with Crippen molar-refractivity contribution in [2.75, 3.05) is 0 Å². The molecule has 1 aliphatic carbocycles. The summed E-state index contributed by atoms with van der Waals surface area (Å²) in [5.74, 6) is -1.28. The van der Waals surface area contributed by atoms with Gasteiger partial charge in [0.15, 0.2) is 11.5 Å². The lowest BCUT2D eigenvalue weighted by Gasteiger charge is -2.29. The molecule has 0 saturated carbocycles. The van der Waals surface area contributed by atoms with Crippen LogP contribution < -0.4 is 0 Å². The molecule has 0 aliphatic heterocycles. The van der Waals surface area contributed by atoms with Crippen molar-refractivity contribution in [2.24, 2.45) is 0 Å². The molecule has 0 amide bonds. The Kier molecular flexibility index (Phi) is 4.97. The van der Waals surface area contributed by atoms with Gasteiger partial charge in [0.25, 0.3) is 0 Å². The monoisotopic (exact) mass is 406 g/mol. The van der Waals surface area contributed by atoms with Crippen molar-refractivity contribution in [3.05, 3.63) is 69.0 Å². The van der Waals surface area contributed by atoms with Crippen molar-refractivity contribution in [1.29, 1.82) is 0 Å². The first-order chi connectivity index (χ1) is 13.7. The zero-order chi connectivity index (χ0) is 22.8. The van der Waals surface area contributed by atoms with Gasteiger partial charge in [-0.3, -0.25) is 9.59 Å². The molecule has 158 valence electrons. The Morgan fingerprint density at radius 1 is 0.767 bits per heavy atom. The van der Waals surface area contributed by atoms with Gasteiger partial charge in [0, 0.05) is 22.3 Å². The topological polar surface area (TPSA) is 74.6 Å². The Bertz CT molecular complexity index is 1080. The number of hydrogen-bond donors (Lipinski definition) is 2. The van der Waals surface area contributed by atoms with E-state index < -0.39 is 22.4 Å². The fraction of sp³-hybridized carbons (Fsp3) is 0.385. The van der Waals surface area contributed by atoms with E-state index in [2.05, 4.69) is 0 Å². The maximum absolute atomic E-state index is 13.5. The number of carbonyl (C=O) groups excluding carboxylic acids is 2. The highest BCUT2D eigenvalue weighted by atomic mass is 16.3. The third-order valence-electron chi connectivity index (χ3n) is 5.90. The van der Waals surface area contributed by atoms with E-state index in [1.807, 2.05) is 55.4 Å². The Hall–Kier alpha value is -2.88. The highest BCUT2D eigenvalue weighted by Crippen LogP contribution is 2.43. The fourth-order valence-electron chi connectivity index (χ4n) is 3.96. The second-order valence-electron chi connectivity index (χ2n) is 10.2. The van der Waals surface area contributed by atoms with Crippen LogP contribution in [-0.4, -0.2) is 21.8 Å². The Morgan fingerprint density at radius 3 is 1.73 bits per heavy atom. The van der Waals surface area contributed by atoms with E-state index in [0.29, 0.717) is 22.3 Å². The molecule has 2 aromatic rings. The maximum atomic E-state index is 13.5. The number of benzene rings is 2. The van der Waals surface area contributed by atoms with Crippen LogP contribution >= 0.6 is 0 Å². The minimum atomic E-state index is -0.551. The molecule has 0 aromatic heterocycles. The van der Waals surface area contributed by atoms with Crippen molar-refractivity contribution in [1.82, 2.24) is 0 Å². The van der Waals surface area contributed by atoms with Crippen LogP contribution in [0.4, 0.5) is 0 Å². The van der Waals surface area contributed by atoms with E-state index in [1.165, 1.54) is 0 Å². The molecule has 2 aromatic carbocycles. The number of aromatic hydroxyl groups is 1. The lowest BCUT2D eigenvalue weighted by Crippen LogP contribution is -2.24. The van der Waals surface area contributed by atoms with Gasteiger partial charge >= 0.3 is 0 Å². The van der Waals surface area contributed by atoms with E-state index in [9.17, 15) is 19.8 Å². The van der Waals surface area contributed by atoms with Crippen LogP contribution in [0.25, 0.3) is 5.57 Å². The van der Waals surface area contributed by atoms with Crippen LogP contribution in [0.3, 0.4) is 0 Å². The van der Waals surface area contributed by atoms with E-state index in [1.54, 1.807) is 24.3 Å². The molecule has 3 rings (SSSR count). The van der Waals surface area contributed by atoms with E-state index in [4.69, 9.17) is 0 Å². The molecule has 0 bridgehead atoms. The minimum Gasteiger partial charge on any atom is -0.507 e. The Labute approximate surface area is 178 Å². The van der Waals surface area contributed by atoms with Gasteiger partial charge in [-0.15, -0.1) is 0 Å². The molecular weight excluding hydrogens is 376 g/mol. The van der Waals surface area contributed by atoms with Crippen LogP contribution in [0.2, 0.25) is 0 Å². The number of carbonyl (C=O) groups is 2. The first-order valence-electron chi connectivity index (χ1n) is 10.2. The molecular formula is C26H30O4. The molecule has 4 nitrogen and oxygen atoms in total. The van der Waals surface area contributed by atoms with Gasteiger partial charge < -0.3 is 10.2 Å². The van der Waals surface area contributed by atoms with Crippen molar-refractivity contribution in [3.8, 4) is 5.75 Å². The zero-order valence-electron chi connectivity index (χ0n) is 19.0. The highest BCUT2D eigenvalue weighted by Gasteiger charge is 2.36. The number of ketones is 2. The predicted octanol–water partition coefficient (Wildman–Crippen LogP) is 5.95. The molecule has 30 heavy (non-hydrogen) atoms. The van der Waals surface area contributed by atoms with Crippen molar-refractivity contribution >= 4 is 17.1 Å². The van der Waals surface area contributed by atoms with Crippen LogP contribution in [0.15, 0.2) is 30.0 Å². The van der Waals surface area contributed by atoms with Gasteiger partial charge in [-0.2, -0.15) is 0 Å². The third-order valence-corrected chi connectivity index (χ3v) is 5.90. The molecule has 0 saturated heterocycles. The third kappa shape index (κ3) is 3.34. The summed E-state index contributed by atoms with van der Waals surface area (Å²) in [5.41, 5.74) is 3.20. The van der Waals surface area contributed by atoms with Crippen LogP contribution in [-0.2, 0) is 10.8 Å². The Balaban J connectivity index is 2.37. The summed E-state index contributed by atoms with van der Waals surface area (Å²) in [4.78, 5) is 26.5. The predicted molar refractivity (Wildman–Crippen MR) is 120 cm³/mol. The minimum absolute atomic E-state index is 0.00259. The van der Waals surface area contributed by atoms with Gasteiger partial charge in [0.05, 0.1) is 5.57 Å². The number of aryl methyl sites for hydroxylation is 1. The summed E-state index contributed by atoms with van der Waals surface area (Å²) in [6.07, 6.45) is 0. The number of phenolic OH excluding ortho intramolecular Hbond substituents is 1. The van der Waals surface area contributed by atoms with Gasteiger partial charge in [-0.25, -0.2) is 0 Å². The average molecular weight is 407 g/mol. The summed E-state index contributed by atoms with van der Waals surface area (Å²) in [7, 11) is 0. The smallest absolute Gasteiger partial charge is 0.228 e. The van der Waals surface area contributed by atoms with Gasteiger partial charge in [0.1, 0.15) is 5.75 Å². The van der Waals surface area contributed by atoms with E-state index in [-0.39, 0.29) is 22.7 Å². The van der Waals surface area contributed by atoms with Crippen molar-refractivity contribution in [3.63, 3.8) is 0 Å². The average Bonchev–Trinajstić information content (AvgIpc) is 2.61. The number of fused-ring (bicyclic) bond motifs is 1. The van der Waals surface area contributed by atoms with Gasteiger partial charge in [-0.1, -0.05) is 47.6 Å². The quantitative estimate of drug-likeness (QED) is 0.613. The molecule has 0 unspecified atom stereocenters. The summed E-state index contributed by atoms with van der Waals surface area (Å²) in [6, 6.07) is 6.82. The standard InChI is InChI=1S/C26H30O4/c1-13-9-10-16-19(14(13)2)23(29)20(24(30)21(16)27)15-11-17(25(3,4)5)22(28)18(12-15)26(6,7)8/h9-12,28,30H,1-8H3. The number of aliphatic hydroxyl groups is 1. The Morgan fingerprint density at radius 2 is 1.27 bits per heavy atom. The normalized spacial score (nSPS) is 14.9. The first-order valence-corrected chi connectivity index (χ1v) is 10.2. The number of aliphatic hydroxyl groups excluding tert-OH is 1. The second-order valence-corrected chi connectivity index (χ2v) is 10.2. The molecule has 0 radical (unpaired) electrons. The lowest BCUT2D eigenvalue weighted by molar-refractivity contribution is 0.0947. The number of phenols is 1. The number of allylic oxidation sites excluding steroid dienone is 2. The largest absolute Gasteiger partial charge is 0.507 e. The maximum Gasteiger partial charge on any atom is 0.228 e. The SMILES string of the molecule is Cc1ccc2c(c1C)C(=O)C(c1cc(C(C)(C)C)c(O)c(C(C)(C)C)c1)=C(O)C2=O. The van der Waals surface area contributed by atoms with E-state index >= 15 is 0 Å². The zero-order valence-corrected chi connectivity index (χ0v) is 19.0. The highest BCUT2D eigenvalue weighted by molar-refractivity contribution is 6.40. The number of Topliss-reactive ketones (excluding diaryl/α,β-unsaturated/α-hetero) is 2. The van der Waals surface area contributed by atoms with Crippen LogP contribution in [0.1, 0.15) is 90.1 Å². The molecule has 0 heterocycles. The molecule has 0 fully saturated rings. The summed E-state index contributed by atoms with van der Waals surface area (Å²) >= 11 is 0. The van der Waals surface area contributed by atoms with Gasteiger partial charge in [-0.05, 0) is 59.6 Å². The molecule has 4 heteroatoms. The van der Waals surface area contributed by atoms with Crippen LogP contribution in [0, 0.1) is 13.8 Å². The summed E-state index contributed by atoms with van der Waals surface area (Å²) in [5, 5.41) is 21.7. The molecule has 2 N–H and O–H groups in total. The molecule has 0 atom stereocenters. The number of hydrogen-bond acceptors (Lipinski definition) is 4. The van der Waals surface area contributed by atoms with Gasteiger partial charge in [0.2, 0.25) is 5.78 Å².